The van der Waals surface area contributed by atoms with Crippen LogP contribution in [-0.4, -0.2) is 37.1 Å². The highest BCUT2D eigenvalue weighted by Crippen LogP contribution is 2.21. The van der Waals surface area contributed by atoms with E-state index in [-0.39, 0.29) is 30.2 Å². The third-order valence-corrected chi connectivity index (χ3v) is 3.93. The molecule has 0 saturated carbocycles. The van der Waals surface area contributed by atoms with Crippen LogP contribution < -0.4 is 4.74 Å². The number of benzene rings is 2. The lowest BCUT2D eigenvalue weighted by molar-refractivity contribution is -0.0503. The van der Waals surface area contributed by atoms with Crippen molar-refractivity contribution in [1.29, 1.82) is 0 Å². The summed E-state index contributed by atoms with van der Waals surface area (Å²) in [5, 5.41) is 0. The van der Waals surface area contributed by atoms with E-state index in [1.54, 1.807) is 17.0 Å². The van der Waals surface area contributed by atoms with Crippen LogP contribution in [0.1, 0.15) is 15.9 Å². The third kappa shape index (κ3) is 3.54. The molecule has 1 amide bonds. The Bertz CT molecular complexity index is 728. The van der Waals surface area contributed by atoms with Gasteiger partial charge in [0.1, 0.15) is 5.82 Å². The average Bonchev–Trinajstić information content (AvgIpc) is 2.54. The van der Waals surface area contributed by atoms with Gasteiger partial charge in [0, 0.05) is 18.7 Å². The van der Waals surface area contributed by atoms with Crippen LogP contribution in [0, 0.1) is 11.6 Å². The maximum Gasteiger partial charge on any atom is 0.254 e. The van der Waals surface area contributed by atoms with Gasteiger partial charge in [0.15, 0.2) is 11.6 Å². The third-order valence-electron chi connectivity index (χ3n) is 3.93. The number of rotatable bonds is 5. The summed E-state index contributed by atoms with van der Waals surface area (Å²) in [6.45, 7) is 1.20. The Hall–Kier alpha value is -2.47. The van der Waals surface area contributed by atoms with Crippen molar-refractivity contribution in [3.05, 3.63) is 65.2 Å². The van der Waals surface area contributed by atoms with Crippen molar-refractivity contribution >= 4 is 5.91 Å². The molecule has 2 aromatic carbocycles. The highest BCUT2D eigenvalue weighted by Gasteiger charge is 2.31. The van der Waals surface area contributed by atoms with Crippen molar-refractivity contribution in [2.75, 3.05) is 20.2 Å². The van der Waals surface area contributed by atoms with Crippen LogP contribution in [0.2, 0.25) is 0 Å². The second-order valence-electron chi connectivity index (χ2n) is 5.62. The lowest BCUT2D eigenvalue weighted by Crippen LogP contribution is -2.54. The van der Waals surface area contributed by atoms with Gasteiger partial charge in [0.25, 0.3) is 5.91 Å². The summed E-state index contributed by atoms with van der Waals surface area (Å²) >= 11 is 0. The maximum absolute atomic E-state index is 13.6. The molecule has 0 spiro atoms. The fourth-order valence-electron chi connectivity index (χ4n) is 2.50. The Morgan fingerprint density at radius 1 is 1.17 bits per heavy atom. The Kier molecular flexibility index (Phi) is 4.76. The molecule has 2 aromatic rings. The minimum Gasteiger partial charge on any atom is -0.494 e. The zero-order valence-electron chi connectivity index (χ0n) is 13.2. The molecule has 1 aliphatic rings. The summed E-state index contributed by atoms with van der Waals surface area (Å²) in [6, 6.07) is 10.1. The highest BCUT2D eigenvalue weighted by molar-refractivity contribution is 5.94. The molecule has 0 bridgehead atoms. The summed E-state index contributed by atoms with van der Waals surface area (Å²) in [6.07, 6.45) is -0.0837. The summed E-state index contributed by atoms with van der Waals surface area (Å²) in [7, 11) is 1.41. The van der Waals surface area contributed by atoms with Gasteiger partial charge in [-0.05, 0) is 42.0 Å². The molecule has 24 heavy (non-hydrogen) atoms. The van der Waals surface area contributed by atoms with E-state index in [4.69, 9.17) is 9.47 Å². The second kappa shape index (κ2) is 6.97. The minimum absolute atomic E-state index is 0.0837. The molecule has 126 valence electrons. The Morgan fingerprint density at radius 2 is 1.88 bits per heavy atom. The quantitative estimate of drug-likeness (QED) is 0.844. The number of hydrogen-bond acceptors (Lipinski definition) is 3. The van der Waals surface area contributed by atoms with Gasteiger partial charge < -0.3 is 14.4 Å². The number of halogens is 2. The van der Waals surface area contributed by atoms with E-state index >= 15 is 0 Å². The lowest BCUT2D eigenvalue weighted by Gasteiger charge is -2.39. The van der Waals surface area contributed by atoms with Gasteiger partial charge in [-0.3, -0.25) is 4.79 Å². The molecule has 3 rings (SSSR count). The number of methoxy groups -OCH3 is 1. The molecule has 1 fully saturated rings. The average molecular weight is 333 g/mol. The van der Waals surface area contributed by atoms with Gasteiger partial charge in [0.05, 0.1) is 19.8 Å². The van der Waals surface area contributed by atoms with Crippen LogP contribution in [0.5, 0.6) is 5.75 Å². The summed E-state index contributed by atoms with van der Waals surface area (Å²) in [4.78, 5) is 13.8. The van der Waals surface area contributed by atoms with Gasteiger partial charge in [0.2, 0.25) is 0 Å². The van der Waals surface area contributed by atoms with Crippen molar-refractivity contribution in [2.45, 2.75) is 12.7 Å². The first-order chi connectivity index (χ1) is 11.6. The van der Waals surface area contributed by atoms with E-state index in [0.717, 1.165) is 0 Å². The van der Waals surface area contributed by atoms with Crippen LogP contribution in [0.3, 0.4) is 0 Å². The number of carbonyl (C=O) groups is 1. The molecule has 1 heterocycles. The molecule has 6 heteroatoms. The smallest absolute Gasteiger partial charge is 0.254 e. The summed E-state index contributed by atoms with van der Waals surface area (Å²) in [5.74, 6) is -0.757. The first-order valence-electron chi connectivity index (χ1n) is 7.55. The number of ether oxygens (including phenoxy) is 2. The van der Waals surface area contributed by atoms with Crippen LogP contribution in [0.25, 0.3) is 0 Å². The van der Waals surface area contributed by atoms with E-state index in [2.05, 4.69) is 0 Å². The van der Waals surface area contributed by atoms with E-state index in [0.29, 0.717) is 24.2 Å². The van der Waals surface area contributed by atoms with E-state index in [9.17, 15) is 13.6 Å². The van der Waals surface area contributed by atoms with Gasteiger partial charge in [-0.15, -0.1) is 0 Å². The normalized spacial score (nSPS) is 14.4. The Labute approximate surface area is 138 Å². The van der Waals surface area contributed by atoms with Gasteiger partial charge in [-0.1, -0.05) is 6.07 Å². The first kappa shape index (κ1) is 16.4. The molecule has 0 aliphatic carbocycles. The van der Waals surface area contributed by atoms with Crippen molar-refractivity contribution < 1.29 is 23.0 Å². The second-order valence-corrected chi connectivity index (χ2v) is 5.62. The summed E-state index contributed by atoms with van der Waals surface area (Å²) in [5.41, 5.74) is 1.16. The van der Waals surface area contributed by atoms with Crippen LogP contribution in [0.15, 0.2) is 42.5 Å². The van der Waals surface area contributed by atoms with Crippen molar-refractivity contribution in [2.24, 2.45) is 0 Å². The molecule has 0 unspecified atom stereocenters. The van der Waals surface area contributed by atoms with Crippen LogP contribution in [-0.2, 0) is 11.3 Å². The molecule has 1 aliphatic heterocycles. The van der Waals surface area contributed by atoms with Crippen molar-refractivity contribution in [1.82, 2.24) is 4.90 Å². The molecule has 0 N–H and O–H groups in total. The fourth-order valence-corrected chi connectivity index (χ4v) is 2.50. The van der Waals surface area contributed by atoms with E-state index in [1.807, 2.05) is 0 Å². The van der Waals surface area contributed by atoms with E-state index in [1.165, 1.54) is 37.4 Å². The van der Waals surface area contributed by atoms with Gasteiger partial charge in [-0.25, -0.2) is 8.78 Å². The highest BCUT2D eigenvalue weighted by atomic mass is 19.1. The monoisotopic (exact) mass is 333 g/mol. The van der Waals surface area contributed by atoms with Gasteiger partial charge in [-0.2, -0.15) is 0 Å². The minimum atomic E-state index is -0.430. The number of carbonyl (C=O) groups excluding carboxylic acids is 1. The molecule has 0 radical (unpaired) electrons. The number of likely N-dealkylation sites (tertiary alicyclic amines) is 1. The topological polar surface area (TPSA) is 38.8 Å². The predicted octanol–water partition coefficient (Wildman–Crippen LogP) is 3.01. The number of hydrogen-bond donors (Lipinski definition) is 0. The Balaban J connectivity index is 1.48. The van der Waals surface area contributed by atoms with Gasteiger partial charge >= 0.3 is 0 Å². The van der Waals surface area contributed by atoms with Crippen molar-refractivity contribution in [3.8, 4) is 5.75 Å². The van der Waals surface area contributed by atoms with E-state index < -0.39 is 5.82 Å². The molecule has 0 atom stereocenters. The Morgan fingerprint density at radius 3 is 2.50 bits per heavy atom. The van der Waals surface area contributed by atoms with Crippen molar-refractivity contribution in [3.63, 3.8) is 0 Å². The molecule has 1 saturated heterocycles. The van der Waals surface area contributed by atoms with Crippen LogP contribution >= 0.6 is 0 Å². The largest absolute Gasteiger partial charge is 0.494 e. The zero-order chi connectivity index (χ0) is 17.1. The lowest BCUT2D eigenvalue weighted by atomic mass is 10.1. The fraction of sp³-hybridized carbons (Fsp3) is 0.278. The molecule has 4 nitrogen and oxygen atoms in total. The SMILES string of the molecule is COc1ccc(COC2CN(C(=O)c3ccc(F)cc3)C2)cc1F. The number of amides is 1. The molecule has 0 aromatic heterocycles. The first-order valence-corrected chi connectivity index (χ1v) is 7.55. The molecular formula is C18H17F2NO3. The zero-order valence-corrected chi connectivity index (χ0v) is 13.2. The standard InChI is InChI=1S/C18H17F2NO3/c1-23-17-7-2-12(8-16(17)20)11-24-15-9-21(10-15)18(22)13-3-5-14(19)6-4-13/h2-8,15H,9-11H2,1H3. The van der Waals surface area contributed by atoms with Crippen LogP contribution in [0.4, 0.5) is 8.78 Å². The predicted molar refractivity (Wildman–Crippen MR) is 83.8 cm³/mol. The molecular weight excluding hydrogens is 316 g/mol. The number of nitrogens with zero attached hydrogens (tertiary/aromatic N) is 1. The maximum atomic E-state index is 13.6. The summed E-state index contributed by atoms with van der Waals surface area (Å²) < 4.78 is 37.0.